The molecule has 27 heavy (non-hydrogen) atoms. The second kappa shape index (κ2) is 8.88. The number of methoxy groups -OCH3 is 1. The molecule has 2 heterocycles. The predicted octanol–water partition coefficient (Wildman–Crippen LogP) is 1.77. The third-order valence-electron chi connectivity index (χ3n) is 3.88. The Morgan fingerprint density at radius 3 is 2.67 bits per heavy atom. The quantitative estimate of drug-likeness (QED) is 0.830. The molecule has 1 N–H and O–H groups in total. The summed E-state index contributed by atoms with van der Waals surface area (Å²) in [6, 6.07) is -0.685. The topological polar surface area (TPSA) is 103 Å². The third kappa shape index (κ3) is 6.58. The lowest BCUT2D eigenvalue weighted by atomic mass is 10.1. The molecule has 2 rings (SSSR count). The van der Waals surface area contributed by atoms with Crippen molar-refractivity contribution in [1.82, 2.24) is 20.2 Å². The molecule has 0 radical (unpaired) electrons. The van der Waals surface area contributed by atoms with E-state index in [4.69, 9.17) is 14.2 Å². The van der Waals surface area contributed by atoms with Crippen LogP contribution in [0.1, 0.15) is 40.5 Å². The van der Waals surface area contributed by atoms with Crippen molar-refractivity contribution in [3.05, 3.63) is 12.4 Å². The van der Waals surface area contributed by atoms with Crippen molar-refractivity contribution in [3.8, 4) is 11.8 Å². The molecule has 0 saturated carbocycles. The summed E-state index contributed by atoms with van der Waals surface area (Å²) < 4.78 is 16.1. The Labute approximate surface area is 159 Å². The van der Waals surface area contributed by atoms with Gasteiger partial charge in [0.1, 0.15) is 17.7 Å². The number of nitrogens with one attached hydrogen (secondary N) is 1. The van der Waals surface area contributed by atoms with E-state index in [-0.39, 0.29) is 12.0 Å². The summed E-state index contributed by atoms with van der Waals surface area (Å²) in [5, 5.41) is 2.58. The Kier molecular flexibility index (Phi) is 6.81. The highest BCUT2D eigenvalue weighted by Crippen LogP contribution is 2.18. The standard InChI is InChI=1S/C18H28N4O5/c1-12(20-17(24)27-18(2,3)4)16(23)22-8-6-7-13(11-22)26-15-10-19-9-14(21-15)25-5/h9-10,12-13H,6-8,11H2,1-5H3,(H,20,24). The number of likely N-dealkylation sites (tertiary alicyclic amines) is 1. The molecule has 0 aliphatic carbocycles. The number of alkyl carbamates (subject to hydrolysis) is 1. The summed E-state index contributed by atoms with van der Waals surface area (Å²) in [5.41, 5.74) is -0.616. The minimum absolute atomic E-state index is 0.175. The number of aromatic nitrogens is 2. The van der Waals surface area contributed by atoms with Gasteiger partial charge in [-0.2, -0.15) is 4.98 Å². The molecule has 1 aliphatic heterocycles. The molecule has 0 bridgehead atoms. The number of carbonyl (C=O) groups is 2. The van der Waals surface area contributed by atoms with E-state index in [0.29, 0.717) is 24.8 Å². The molecule has 0 aromatic carbocycles. The number of ether oxygens (including phenoxy) is 3. The van der Waals surface area contributed by atoms with Gasteiger partial charge in [0, 0.05) is 6.54 Å². The van der Waals surface area contributed by atoms with Gasteiger partial charge in [-0.05, 0) is 40.5 Å². The normalized spacial score (nSPS) is 18.4. The number of hydrogen-bond acceptors (Lipinski definition) is 7. The Morgan fingerprint density at radius 2 is 2.00 bits per heavy atom. The van der Waals surface area contributed by atoms with Crippen LogP contribution in [0.3, 0.4) is 0 Å². The Balaban J connectivity index is 1.90. The van der Waals surface area contributed by atoms with Crippen molar-refractivity contribution in [3.63, 3.8) is 0 Å². The van der Waals surface area contributed by atoms with Crippen LogP contribution in [0.2, 0.25) is 0 Å². The van der Waals surface area contributed by atoms with E-state index in [1.807, 2.05) is 0 Å². The van der Waals surface area contributed by atoms with Gasteiger partial charge in [-0.3, -0.25) is 9.78 Å². The van der Waals surface area contributed by atoms with E-state index in [2.05, 4.69) is 15.3 Å². The predicted molar refractivity (Wildman–Crippen MR) is 97.6 cm³/mol. The maximum absolute atomic E-state index is 12.6. The zero-order valence-corrected chi connectivity index (χ0v) is 16.5. The molecule has 1 saturated heterocycles. The first-order valence-corrected chi connectivity index (χ1v) is 8.99. The van der Waals surface area contributed by atoms with E-state index in [1.165, 1.54) is 19.5 Å². The van der Waals surface area contributed by atoms with Gasteiger partial charge in [0.15, 0.2) is 0 Å². The van der Waals surface area contributed by atoms with Crippen LogP contribution in [0, 0.1) is 0 Å². The molecule has 9 nitrogen and oxygen atoms in total. The van der Waals surface area contributed by atoms with Crippen molar-refractivity contribution in [1.29, 1.82) is 0 Å². The molecule has 2 unspecified atom stereocenters. The zero-order chi connectivity index (χ0) is 20.0. The molecular formula is C18H28N4O5. The molecule has 9 heteroatoms. The van der Waals surface area contributed by atoms with Gasteiger partial charge in [0.25, 0.3) is 0 Å². The van der Waals surface area contributed by atoms with Crippen LogP contribution < -0.4 is 14.8 Å². The Hall–Kier alpha value is -2.58. The highest BCUT2D eigenvalue weighted by Gasteiger charge is 2.29. The van der Waals surface area contributed by atoms with Gasteiger partial charge >= 0.3 is 6.09 Å². The monoisotopic (exact) mass is 380 g/mol. The molecule has 1 aromatic heterocycles. The van der Waals surface area contributed by atoms with Crippen LogP contribution in [0.25, 0.3) is 0 Å². The molecule has 2 atom stereocenters. The van der Waals surface area contributed by atoms with Crippen molar-refractivity contribution < 1.29 is 23.8 Å². The molecule has 1 fully saturated rings. The lowest BCUT2D eigenvalue weighted by Crippen LogP contribution is -2.52. The lowest BCUT2D eigenvalue weighted by Gasteiger charge is -2.34. The summed E-state index contributed by atoms with van der Waals surface area (Å²) in [6.45, 7) is 7.98. The number of rotatable bonds is 5. The van der Waals surface area contributed by atoms with Gasteiger partial charge in [-0.25, -0.2) is 4.79 Å². The van der Waals surface area contributed by atoms with Crippen LogP contribution in [0.4, 0.5) is 4.79 Å². The van der Waals surface area contributed by atoms with E-state index in [0.717, 1.165) is 12.8 Å². The van der Waals surface area contributed by atoms with Crippen LogP contribution in [-0.2, 0) is 9.53 Å². The van der Waals surface area contributed by atoms with Gasteiger partial charge in [0.05, 0.1) is 26.0 Å². The van der Waals surface area contributed by atoms with Crippen molar-refractivity contribution in [2.45, 2.75) is 58.3 Å². The molecule has 1 aromatic rings. The Morgan fingerprint density at radius 1 is 1.30 bits per heavy atom. The highest BCUT2D eigenvalue weighted by molar-refractivity contribution is 5.85. The van der Waals surface area contributed by atoms with Crippen LogP contribution in [0.5, 0.6) is 11.8 Å². The first-order chi connectivity index (χ1) is 12.7. The average molecular weight is 380 g/mol. The van der Waals surface area contributed by atoms with Crippen LogP contribution in [0.15, 0.2) is 12.4 Å². The largest absolute Gasteiger partial charge is 0.480 e. The average Bonchev–Trinajstić information content (AvgIpc) is 2.59. The van der Waals surface area contributed by atoms with Crippen molar-refractivity contribution >= 4 is 12.0 Å². The van der Waals surface area contributed by atoms with Gasteiger partial charge < -0.3 is 24.4 Å². The zero-order valence-electron chi connectivity index (χ0n) is 16.5. The second-order valence-electron chi connectivity index (χ2n) is 7.43. The van der Waals surface area contributed by atoms with E-state index < -0.39 is 17.7 Å². The molecule has 0 spiro atoms. The fraction of sp³-hybridized carbons (Fsp3) is 0.667. The summed E-state index contributed by atoms with van der Waals surface area (Å²) >= 11 is 0. The van der Waals surface area contributed by atoms with Gasteiger partial charge in [-0.15, -0.1) is 0 Å². The smallest absolute Gasteiger partial charge is 0.408 e. The fourth-order valence-electron chi connectivity index (χ4n) is 2.71. The summed E-state index contributed by atoms with van der Waals surface area (Å²) in [6.07, 6.45) is 3.80. The Bertz CT molecular complexity index is 661. The SMILES string of the molecule is COc1cncc(OC2CCCN(C(=O)C(C)NC(=O)OC(C)(C)C)C2)n1. The first kappa shape index (κ1) is 20.7. The van der Waals surface area contributed by atoms with E-state index in [1.54, 1.807) is 32.6 Å². The van der Waals surface area contributed by atoms with Gasteiger partial charge in [0.2, 0.25) is 17.7 Å². The van der Waals surface area contributed by atoms with Gasteiger partial charge in [-0.1, -0.05) is 0 Å². The molecule has 150 valence electrons. The minimum Gasteiger partial charge on any atom is -0.480 e. The van der Waals surface area contributed by atoms with Crippen molar-refractivity contribution in [2.75, 3.05) is 20.2 Å². The number of nitrogens with zero attached hydrogens (tertiary/aromatic N) is 3. The lowest BCUT2D eigenvalue weighted by molar-refractivity contribution is -0.135. The number of piperidine rings is 1. The third-order valence-corrected chi connectivity index (χ3v) is 3.88. The summed E-state index contributed by atoms with van der Waals surface area (Å²) in [7, 11) is 1.51. The molecule has 2 amide bonds. The van der Waals surface area contributed by atoms with E-state index >= 15 is 0 Å². The van der Waals surface area contributed by atoms with E-state index in [9.17, 15) is 9.59 Å². The van der Waals surface area contributed by atoms with Crippen molar-refractivity contribution in [2.24, 2.45) is 0 Å². The highest BCUT2D eigenvalue weighted by atomic mass is 16.6. The summed E-state index contributed by atoms with van der Waals surface area (Å²) in [5.74, 6) is 0.547. The maximum Gasteiger partial charge on any atom is 0.408 e. The van der Waals surface area contributed by atoms with Crippen LogP contribution in [-0.4, -0.2) is 64.8 Å². The minimum atomic E-state index is -0.685. The summed E-state index contributed by atoms with van der Waals surface area (Å²) in [4.78, 5) is 34.4. The fourth-order valence-corrected chi connectivity index (χ4v) is 2.71. The maximum atomic E-state index is 12.6. The number of amides is 2. The molecular weight excluding hydrogens is 352 g/mol. The van der Waals surface area contributed by atoms with Crippen LogP contribution >= 0.6 is 0 Å². The number of carbonyl (C=O) groups excluding carboxylic acids is 2. The number of hydrogen-bond donors (Lipinski definition) is 1. The molecule has 1 aliphatic rings. The first-order valence-electron chi connectivity index (χ1n) is 8.99. The second-order valence-corrected chi connectivity index (χ2v) is 7.43.